The third kappa shape index (κ3) is 5.06. The molecule has 4 nitrogen and oxygen atoms in total. The summed E-state index contributed by atoms with van der Waals surface area (Å²) in [5.74, 6) is -0.697. The first kappa shape index (κ1) is 15.8. The van der Waals surface area contributed by atoms with Crippen LogP contribution >= 0.6 is 0 Å². The Morgan fingerprint density at radius 3 is 2.35 bits per heavy atom. The molecule has 0 spiro atoms. The van der Waals surface area contributed by atoms with Crippen molar-refractivity contribution >= 4 is 5.97 Å². The van der Waals surface area contributed by atoms with Gasteiger partial charge in [-0.3, -0.25) is 10.1 Å². The summed E-state index contributed by atoms with van der Waals surface area (Å²) >= 11 is 0. The second-order valence-electron chi connectivity index (χ2n) is 6.77. The minimum Gasteiger partial charge on any atom is -0.480 e. The normalized spacial score (nSPS) is 24.6. The summed E-state index contributed by atoms with van der Waals surface area (Å²) < 4.78 is 0. The second-order valence-corrected chi connectivity index (χ2v) is 6.77. The molecule has 0 aromatic carbocycles. The molecule has 0 bridgehead atoms. The van der Waals surface area contributed by atoms with E-state index in [4.69, 9.17) is 0 Å². The summed E-state index contributed by atoms with van der Waals surface area (Å²) in [5, 5.41) is 12.8. The Bertz CT molecular complexity index is 310. The highest BCUT2D eigenvalue weighted by Gasteiger charge is 2.37. The van der Waals surface area contributed by atoms with Crippen LogP contribution < -0.4 is 5.32 Å². The Balaban J connectivity index is 1.72. The van der Waals surface area contributed by atoms with E-state index in [2.05, 4.69) is 10.2 Å². The van der Waals surface area contributed by atoms with E-state index >= 15 is 0 Å². The molecule has 1 heterocycles. The second kappa shape index (κ2) is 7.41. The van der Waals surface area contributed by atoms with Crippen LogP contribution in [-0.4, -0.2) is 47.2 Å². The predicted molar refractivity (Wildman–Crippen MR) is 81.0 cm³/mol. The van der Waals surface area contributed by atoms with Gasteiger partial charge in [-0.05, 0) is 65.1 Å². The van der Waals surface area contributed by atoms with Crippen LogP contribution in [0.15, 0.2) is 0 Å². The van der Waals surface area contributed by atoms with Crippen molar-refractivity contribution in [1.82, 2.24) is 10.2 Å². The van der Waals surface area contributed by atoms with E-state index in [0.29, 0.717) is 6.04 Å². The summed E-state index contributed by atoms with van der Waals surface area (Å²) in [5.41, 5.74) is -0.732. The van der Waals surface area contributed by atoms with Crippen molar-refractivity contribution in [3.8, 4) is 0 Å². The fraction of sp³-hybridized carbons (Fsp3) is 0.938. The van der Waals surface area contributed by atoms with Crippen LogP contribution in [0.3, 0.4) is 0 Å². The van der Waals surface area contributed by atoms with Gasteiger partial charge in [-0.15, -0.1) is 0 Å². The molecule has 1 atom stereocenters. The van der Waals surface area contributed by atoms with Gasteiger partial charge in [0.2, 0.25) is 0 Å². The molecule has 0 aromatic heterocycles. The number of carboxylic acids is 1. The molecule has 2 aliphatic rings. The largest absolute Gasteiger partial charge is 0.480 e. The lowest BCUT2D eigenvalue weighted by Crippen LogP contribution is -2.50. The molecule has 20 heavy (non-hydrogen) atoms. The average Bonchev–Trinajstić information content (AvgIpc) is 3.15. The maximum atomic E-state index is 11.5. The number of likely N-dealkylation sites (tertiary alicyclic amines) is 1. The smallest absolute Gasteiger partial charge is 0.323 e. The molecule has 1 aliphatic carbocycles. The fourth-order valence-corrected chi connectivity index (χ4v) is 3.11. The van der Waals surface area contributed by atoms with Gasteiger partial charge in [0.15, 0.2) is 0 Å². The van der Waals surface area contributed by atoms with Gasteiger partial charge in [0.25, 0.3) is 0 Å². The van der Waals surface area contributed by atoms with Crippen LogP contribution in [0.25, 0.3) is 0 Å². The first-order chi connectivity index (χ1) is 9.60. The Hall–Kier alpha value is -0.610. The lowest BCUT2D eigenvalue weighted by atomic mass is 9.95. The molecule has 0 aromatic rings. The number of carboxylic acid groups (broad SMARTS) is 1. The highest BCUT2D eigenvalue weighted by Crippen LogP contribution is 2.25. The van der Waals surface area contributed by atoms with E-state index in [9.17, 15) is 9.90 Å². The lowest BCUT2D eigenvalue weighted by molar-refractivity contribution is -0.144. The third-order valence-electron chi connectivity index (χ3n) is 4.67. The van der Waals surface area contributed by atoms with Gasteiger partial charge in [0.1, 0.15) is 5.54 Å². The number of hydrogen-bond donors (Lipinski definition) is 2. The van der Waals surface area contributed by atoms with Crippen LogP contribution in [0.2, 0.25) is 0 Å². The lowest BCUT2D eigenvalue weighted by Gasteiger charge is -2.29. The molecule has 1 saturated carbocycles. The van der Waals surface area contributed by atoms with Crippen LogP contribution in [0, 0.1) is 0 Å². The van der Waals surface area contributed by atoms with Crippen molar-refractivity contribution in [1.29, 1.82) is 0 Å². The van der Waals surface area contributed by atoms with E-state index in [1.54, 1.807) is 0 Å². The Kier molecular flexibility index (Phi) is 5.85. The van der Waals surface area contributed by atoms with Crippen LogP contribution in [-0.2, 0) is 4.79 Å². The quantitative estimate of drug-likeness (QED) is 0.753. The van der Waals surface area contributed by atoms with Crippen LogP contribution in [0.4, 0.5) is 0 Å². The number of nitrogens with zero attached hydrogens (tertiary/aromatic N) is 1. The first-order valence-electron chi connectivity index (χ1n) is 8.34. The minimum atomic E-state index is -0.732. The fourth-order valence-electron chi connectivity index (χ4n) is 3.11. The zero-order valence-corrected chi connectivity index (χ0v) is 12.9. The number of hydrogen-bond acceptors (Lipinski definition) is 3. The standard InChI is InChI=1S/C16H30N2O2/c1-16(15(19)20,17-14-8-9-14)10-7-13-18-11-5-3-2-4-6-12-18/h14,17H,2-13H2,1H3,(H,19,20). The van der Waals surface area contributed by atoms with Crippen molar-refractivity contribution in [3.05, 3.63) is 0 Å². The predicted octanol–water partition coefficient (Wildman–Crippen LogP) is 2.63. The zero-order chi connectivity index (χ0) is 14.4. The molecule has 1 unspecified atom stereocenters. The Morgan fingerprint density at radius 1 is 1.20 bits per heavy atom. The Labute approximate surface area is 122 Å². The van der Waals surface area contributed by atoms with Crippen molar-refractivity contribution in [2.45, 2.75) is 76.3 Å². The van der Waals surface area contributed by atoms with E-state index < -0.39 is 11.5 Å². The van der Waals surface area contributed by atoms with Crippen molar-refractivity contribution < 1.29 is 9.90 Å². The number of carbonyl (C=O) groups is 1. The SMILES string of the molecule is CC(CCCN1CCCCCCC1)(NC1CC1)C(=O)O. The topological polar surface area (TPSA) is 52.6 Å². The van der Waals surface area contributed by atoms with Gasteiger partial charge >= 0.3 is 5.97 Å². The zero-order valence-electron chi connectivity index (χ0n) is 12.9. The number of aliphatic carboxylic acids is 1. The molecule has 2 rings (SSSR count). The molecule has 116 valence electrons. The van der Waals surface area contributed by atoms with E-state index in [1.807, 2.05) is 6.92 Å². The third-order valence-corrected chi connectivity index (χ3v) is 4.67. The highest BCUT2D eigenvalue weighted by atomic mass is 16.4. The number of nitrogens with one attached hydrogen (secondary N) is 1. The van der Waals surface area contributed by atoms with Gasteiger partial charge < -0.3 is 10.0 Å². The van der Waals surface area contributed by atoms with Crippen molar-refractivity contribution in [2.75, 3.05) is 19.6 Å². The maximum Gasteiger partial charge on any atom is 0.323 e. The highest BCUT2D eigenvalue weighted by molar-refractivity contribution is 5.78. The first-order valence-corrected chi connectivity index (χ1v) is 8.34. The molecule has 0 amide bonds. The molecule has 4 heteroatoms. The summed E-state index contributed by atoms with van der Waals surface area (Å²) in [4.78, 5) is 14.0. The van der Waals surface area contributed by atoms with Crippen molar-refractivity contribution in [3.63, 3.8) is 0 Å². The molecule has 2 fully saturated rings. The summed E-state index contributed by atoms with van der Waals surface area (Å²) in [6.07, 6.45) is 10.7. The average molecular weight is 282 g/mol. The van der Waals surface area contributed by atoms with Gasteiger partial charge in [-0.25, -0.2) is 0 Å². The van der Waals surface area contributed by atoms with Gasteiger partial charge in [-0.2, -0.15) is 0 Å². The van der Waals surface area contributed by atoms with E-state index in [0.717, 1.165) is 32.2 Å². The molecule has 2 N–H and O–H groups in total. The minimum absolute atomic E-state index is 0.442. The van der Waals surface area contributed by atoms with Gasteiger partial charge in [-0.1, -0.05) is 19.3 Å². The molecular weight excluding hydrogens is 252 g/mol. The van der Waals surface area contributed by atoms with E-state index in [1.165, 1.54) is 45.2 Å². The molecular formula is C16H30N2O2. The van der Waals surface area contributed by atoms with E-state index in [-0.39, 0.29) is 0 Å². The van der Waals surface area contributed by atoms with Crippen LogP contribution in [0.1, 0.15) is 64.7 Å². The summed E-state index contributed by atoms with van der Waals surface area (Å²) in [6, 6.07) is 0.442. The van der Waals surface area contributed by atoms with Gasteiger partial charge in [0, 0.05) is 6.04 Å². The monoisotopic (exact) mass is 282 g/mol. The summed E-state index contributed by atoms with van der Waals surface area (Å²) in [7, 11) is 0. The van der Waals surface area contributed by atoms with Crippen LogP contribution in [0.5, 0.6) is 0 Å². The summed E-state index contributed by atoms with van der Waals surface area (Å²) in [6.45, 7) is 5.29. The maximum absolute atomic E-state index is 11.5. The molecule has 1 saturated heterocycles. The Morgan fingerprint density at radius 2 is 1.80 bits per heavy atom. The molecule has 1 aliphatic heterocycles. The molecule has 0 radical (unpaired) electrons. The number of rotatable bonds is 7. The van der Waals surface area contributed by atoms with Gasteiger partial charge in [0.05, 0.1) is 0 Å². The van der Waals surface area contributed by atoms with Crippen molar-refractivity contribution in [2.24, 2.45) is 0 Å².